The van der Waals surface area contributed by atoms with Gasteiger partial charge in [0.25, 0.3) is 0 Å². The fraction of sp³-hybridized carbons (Fsp3) is 0.364. The van der Waals surface area contributed by atoms with Crippen LogP contribution >= 0.6 is 11.8 Å². The van der Waals surface area contributed by atoms with E-state index in [2.05, 4.69) is 31.6 Å². The van der Waals surface area contributed by atoms with E-state index in [1.54, 1.807) is 48.9 Å². The standard InChI is InChI=1S/C33H38N6O9S/c1-49-12-11-22-29(44)38-25(15-27(40)41)32(47)36-23(13-18-7-3-2-4-8-18)30(45)39-26(16-28(42)43)33(48)37-24(31(46)35-22)14-19-17-34-21-10-6-5-9-20(19)21/h2-10,17,22-26,34H,11-16H2,1H3,(H,35,46)(H,36,47)(H,37,48)(H,38,44)(H,39,45)(H,40,41)(H,42,43)/t22-,23-,24+,25-,26-/m0/s1. The Morgan fingerprint density at radius 2 is 1.10 bits per heavy atom. The van der Waals surface area contributed by atoms with Crippen molar-refractivity contribution in [3.05, 3.63) is 71.9 Å². The molecule has 1 saturated heterocycles. The van der Waals surface area contributed by atoms with E-state index in [0.29, 0.717) is 16.9 Å². The quantitative estimate of drug-likeness (QED) is 0.135. The monoisotopic (exact) mass is 694 g/mol. The lowest BCUT2D eigenvalue weighted by molar-refractivity contribution is -0.141. The van der Waals surface area contributed by atoms with E-state index < -0.39 is 84.5 Å². The number of hydrogen-bond donors (Lipinski definition) is 8. The second-order valence-corrected chi connectivity index (χ2v) is 12.5. The van der Waals surface area contributed by atoms with Crippen LogP contribution in [0.5, 0.6) is 0 Å². The predicted molar refractivity (Wildman–Crippen MR) is 179 cm³/mol. The van der Waals surface area contributed by atoms with Gasteiger partial charge in [0, 0.05) is 29.9 Å². The molecule has 2 heterocycles. The number of thioether (sulfide) groups is 1. The number of hydrogen-bond acceptors (Lipinski definition) is 8. The van der Waals surface area contributed by atoms with Gasteiger partial charge in [0.1, 0.15) is 30.2 Å². The van der Waals surface area contributed by atoms with Gasteiger partial charge < -0.3 is 41.8 Å². The van der Waals surface area contributed by atoms with Crippen LogP contribution in [0.4, 0.5) is 0 Å². The topological polar surface area (TPSA) is 236 Å². The van der Waals surface area contributed by atoms with E-state index in [4.69, 9.17) is 0 Å². The van der Waals surface area contributed by atoms with E-state index in [0.717, 1.165) is 10.9 Å². The summed E-state index contributed by atoms with van der Waals surface area (Å²) in [5, 5.41) is 32.4. The van der Waals surface area contributed by atoms with Crippen LogP contribution in [0.2, 0.25) is 0 Å². The number of H-pyrrole nitrogens is 1. The summed E-state index contributed by atoms with van der Waals surface area (Å²) >= 11 is 1.38. The van der Waals surface area contributed by atoms with Crippen molar-refractivity contribution >= 4 is 64.1 Å². The summed E-state index contributed by atoms with van der Waals surface area (Å²) in [6.07, 6.45) is 1.64. The average molecular weight is 695 g/mol. The van der Waals surface area contributed by atoms with Gasteiger partial charge in [-0.05, 0) is 35.6 Å². The Balaban J connectivity index is 1.77. The van der Waals surface area contributed by atoms with Crippen molar-refractivity contribution in [2.45, 2.75) is 62.3 Å². The summed E-state index contributed by atoms with van der Waals surface area (Å²) in [6, 6.07) is 8.41. The van der Waals surface area contributed by atoms with Crippen molar-refractivity contribution in [2.75, 3.05) is 12.0 Å². The minimum absolute atomic E-state index is 0.0789. The molecule has 1 aromatic heterocycles. The smallest absolute Gasteiger partial charge is 0.305 e. The van der Waals surface area contributed by atoms with Crippen molar-refractivity contribution in [2.24, 2.45) is 0 Å². The molecule has 4 rings (SSSR count). The number of carbonyl (C=O) groups is 7. The van der Waals surface area contributed by atoms with Gasteiger partial charge in [-0.25, -0.2) is 0 Å². The predicted octanol–water partition coefficient (Wildman–Crippen LogP) is 0.0932. The minimum Gasteiger partial charge on any atom is -0.481 e. The molecule has 8 N–H and O–H groups in total. The number of para-hydroxylation sites is 1. The summed E-state index contributed by atoms with van der Waals surface area (Å²) in [6.45, 7) is 0. The summed E-state index contributed by atoms with van der Waals surface area (Å²) in [5.41, 5.74) is 1.99. The van der Waals surface area contributed by atoms with Crippen LogP contribution in [0, 0.1) is 0 Å². The number of fused-ring (bicyclic) bond motifs is 1. The average Bonchev–Trinajstić information content (AvgIpc) is 3.47. The fourth-order valence-corrected chi connectivity index (χ4v) is 5.89. The van der Waals surface area contributed by atoms with Gasteiger partial charge in [0.2, 0.25) is 29.5 Å². The first-order chi connectivity index (χ1) is 23.4. The lowest BCUT2D eigenvalue weighted by Gasteiger charge is -2.25. The van der Waals surface area contributed by atoms with Crippen LogP contribution in [0.25, 0.3) is 10.9 Å². The second-order valence-electron chi connectivity index (χ2n) is 11.5. The van der Waals surface area contributed by atoms with Crippen LogP contribution in [0.15, 0.2) is 60.8 Å². The number of aromatic nitrogens is 1. The summed E-state index contributed by atoms with van der Waals surface area (Å²) < 4.78 is 0. The van der Waals surface area contributed by atoms with E-state index in [1.807, 2.05) is 18.2 Å². The number of rotatable bonds is 11. The fourth-order valence-electron chi connectivity index (χ4n) is 5.42. The highest BCUT2D eigenvalue weighted by molar-refractivity contribution is 7.98. The van der Waals surface area contributed by atoms with Crippen LogP contribution in [0.1, 0.15) is 30.4 Å². The number of amides is 5. The molecule has 0 aliphatic carbocycles. The van der Waals surface area contributed by atoms with Gasteiger partial charge in [-0.2, -0.15) is 11.8 Å². The molecular formula is C33H38N6O9S. The highest BCUT2D eigenvalue weighted by atomic mass is 32.2. The zero-order valence-corrected chi connectivity index (χ0v) is 27.4. The van der Waals surface area contributed by atoms with Crippen molar-refractivity contribution in [3.8, 4) is 0 Å². The van der Waals surface area contributed by atoms with Gasteiger partial charge in [-0.3, -0.25) is 33.6 Å². The Kier molecular flexibility index (Phi) is 12.8. The van der Waals surface area contributed by atoms with Crippen LogP contribution < -0.4 is 26.6 Å². The normalized spacial score (nSPS) is 22.5. The molecule has 5 atom stereocenters. The molecule has 0 bridgehead atoms. The van der Waals surface area contributed by atoms with Gasteiger partial charge in [-0.15, -0.1) is 0 Å². The molecule has 5 amide bonds. The molecule has 2 aromatic carbocycles. The maximum absolute atomic E-state index is 13.9. The van der Waals surface area contributed by atoms with Gasteiger partial charge in [-0.1, -0.05) is 48.5 Å². The third kappa shape index (κ3) is 10.3. The largest absolute Gasteiger partial charge is 0.481 e. The van der Waals surface area contributed by atoms with Gasteiger partial charge in [0.05, 0.1) is 12.8 Å². The maximum atomic E-state index is 13.9. The number of carboxylic acid groups (broad SMARTS) is 2. The number of carbonyl (C=O) groups excluding carboxylic acids is 5. The number of aliphatic carboxylic acids is 2. The number of benzene rings is 2. The van der Waals surface area contributed by atoms with Crippen LogP contribution in [0.3, 0.4) is 0 Å². The minimum atomic E-state index is -1.68. The first-order valence-electron chi connectivity index (χ1n) is 15.5. The second kappa shape index (κ2) is 17.1. The molecule has 1 fully saturated rings. The van der Waals surface area contributed by atoms with Crippen LogP contribution in [-0.4, -0.2) is 98.9 Å². The highest BCUT2D eigenvalue weighted by Crippen LogP contribution is 2.20. The molecule has 16 heteroatoms. The van der Waals surface area contributed by atoms with E-state index in [9.17, 15) is 43.8 Å². The van der Waals surface area contributed by atoms with Crippen molar-refractivity contribution < 1.29 is 43.8 Å². The summed E-state index contributed by atoms with van der Waals surface area (Å²) in [7, 11) is 0. The Morgan fingerprint density at radius 1 is 0.633 bits per heavy atom. The lowest BCUT2D eigenvalue weighted by atomic mass is 10.0. The Morgan fingerprint density at radius 3 is 1.67 bits per heavy atom. The number of nitrogens with one attached hydrogen (secondary N) is 6. The Labute approximate surface area is 285 Å². The lowest BCUT2D eigenvalue weighted by Crippen LogP contribution is -2.58. The number of aromatic amines is 1. The van der Waals surface area contributed by atoms with Crippen molar-refractivity contribution in [1.82, 2.24) is 31.6 Å². The first-order valence-corrected chi connectivity index (χ1v) is 16.9. The molecule has 1 aliphatic rings. The van der Waals surface area contributed by atoms with Crippen molar-refractivity contribution in [1.29, 1.82) is 0 Å². The zero-order chi connectivity index (χ0) is 35.5. The SMILES string of the molecule is CSCC[C@@H]1NC(=O)[C@@H](Cc2c[nH]c3ccccc23)NC(=O)[C@H](CC(=O)O)NC(=O)[C@H](Cc2ccccc2)NC(=O)[C@H](CC(=O)O)NC1=O. The molecule has 0 saturated carbocycles. The summed E-state index contributed by atoms with van der Waals surface area (Å²) in [4.78, 5) is 95.0. The molecular weight excluding hydrogens is 656 g/mol. The third-order valence-electron chi connectivity index (χ3n) is 7.91. The van der Waals surface area contributed by atoms with E-state index >= 15 is 0 Å². The van der Waals surface area contributed by atoms with Crippen LogP contribution in [-0.2, 0) is 46.4 Å². The van der Waals surface area contributed by atoms with Crippen molar-refractivity contribution in [3.63, 3.8) is 0 Å². The molecule has 49 heavy (non-hydrogen) atoms. The Hall–Kier alpha value is -5.38. The Bertz CT molecular complexity index is 1700. The highest BCUT2D eigenvalue weighted by Gasteiger charge is 2.36. The van der Waals surface area contributed by atoms with Gasteiger partial charge >= 0.3 is 11.9 Å². The maximum Gasteiger partial charge on any atom is 0.305 e. The number of carboxylic acids is 2. The first kappa shape index (κ1) is 36.5. The molecule has 260 valence electrons. The van der Waals surface area contributed by atoms with E-state index in [-0.39, 0.29) is 19.3 Å². The molecule has 1 aliphatic heterocycles. The molecule has 3 aromatic rings. The molecule has 0 spiro atoms. The molecule has 0 radical (unpaired) electrons. The summed E-state index contributed by atoms with van der Waals surface area (Å²) in [5.74, 6) is -7.01. The zero-order valence-electron chi connectivity index (χ0n) is 26.6. The molecule has 0 unspecified atom stereocenters. The third-order valence-corrected chi connectivity index (χ3v) is 8.56. The van der Waals surface area contributed by atoms with Gasteiger partial charge in [0.15, 0.2) is 0 Å². The molecule has 15 nitrogen and oxygen atoms in total. The van der Waals surface area contributed by atoms with E-state index in [1.165, 1.54) is 11.8 Å².